The number of carbonyl (C=O) groups is 2. The Labute approximate surface area is 94.2 Å². The van der Waals surface area contributed by atoms with Gasteiger partial charge < -0.3 is 10.2 Å². The van der Waals surface area contributed by atoms with E-state index in [1.165, 1.54) is 0 Å². The molecule has 1 saturated heterocycles. The van der Waals surface area contributed by atoms with Gasteiger partial charge in [0, 0.05) is 37.3 Å². The van der Waals surface area contributed by atoms with Gasteiger partial charge in [-0.1, -0.05) is 12.1 Å². The minimum absolute atomic E-state index is 0.0407. The molecule has 84 valence electrons. The van der Waals surface area contributed by atoms with E-state index in [1.54, 1.807) is 24.3 Å². The highest BCUT2D eigenvalue weighted by Gasteiger charge is 2.17. The van der Waals surface area contributed by atoms with E-state index in [2.05, 4.69) is 5.32 Å². The zero-order chi connectivity index (χ0) is 11.4. The highest BCUT2D eigenvalue weighted by atomic mass is 16.2. The van der Waals surface area contributed by atoms with Crippen molar-refractivity contribution in [2.24, 2.45) is 0 Å². The summed E-state index contributed by atoms with van der Waals surface area (Å²) in [6.07, 6.45) is 0.777. The lowest BCUT2D eigenvalue weighted by Gasteiger charge is -2.27. The van der Waals surface area contributed by atoms with Gasteiger partial charge in [-0.2, -0.15) is 0 Å². The maximum Gasteiger partial charge on any atom is 0.253 e. The largest absolute Gasteiger partial charge is 0.336 e. The first-order valence-electron chi connectivity index (χ1n) is 5.36. The Morgan fingerprint density at radius 3 is 2.38 bits per heavy atom. The number of piperazine rings is 1. The number of nitrogens with zero attached hydrogens (tertiary/aromatic N) is 1. The van der Waals surface area contributed by atoms with Crippen molar-refractivity contribution < 1.29 is 9.59 Å². The van der Waals surface area contributed by atoms with Crippen molar-refractivity contribution in [2.75, 3.05) is 26.2 Å². The number of benzene rings is 1. The van der Waals surface area contributed by atoms with Gasteiger partial charge in [0.05, 0.1) is 0 Å². The van der Waals surface area contributed by atoms with Crippen LogP contribution in [0.25, 0.3) is 0 Å². The lowest BCUT2D eigenvalue weighted by atomic mass is 10.1. The molecular weight excluding hydrogens is 204 g/mol. The van der Waals surface area contributed by atoms with Crippen LogP contribution in [0, 0.1) is 0 Å². The first-order valence-corrected chi connectivity index (χ1v) is 5.36. The zero-order valence-electron chi connectivity index (χ0n) is 8.98. The third-order valence-electron chi connectivity index (χ3n) is 2.70. The van der Waals surface area contributed by atoms with Gasteiger partial charge in [0.1, 0.15) is 6.29 Å². The second-order valence-corrected chi connectivity index (χ2v) is 3.78. The average Bonchev–Trinajstić information content (AvgIpc) is 2.39. The second kappa shape index (κ2) is 4.90. The van der Waals surface area contributed by atoms with Crippen LogP contribution in [-0.4, -0.2) is 43.3 Å². The number of carbonyl (C=O) groups excluding carboxylic acids is 2. The Bertz CT molecular complexity index is 381. The molecular formula is C12H14N2O2. The van der Waals surface area contributed by atoms with Crippen molar-refractivity contribution in [1.82, 2.24) is 10.2 Å². The Kier molecular flexibility index (Phi) is 3.31. The van der Waals surface area contributed by atoms with E-state index >= 15 is 0 Å². The molecule has 0 bridgehead atoms. The van der Waals surface area contributed by atoms with E-state index in [1.807, 2.05) is 4.90 Å². The highest BCUT2D eigenvalue weighted by Crippen LogP contribution is 2.07. The predicted molar refractivity (Wildman–Crippen MR) is 60.6 cm³/mol. The molecule has 16 heavy (non-hydrogen) atoms. The lowest BCUT2D eigenvalue weighted by molar-refractivity contribution is 0.0735. The van der Waals surface area contributed by atoms with Crippen molar-refractivity contribution in [3.63, 3.8) is 0 Å². The van der Waals surface area contributed by atoms with Crippen LogP contribution in [0.1, 0.15) is 20.7 Å². The molecule has 0 unspecified atom stereocenters. The molecule has 1 aliphatic heterocycles. The molecule has 4 heteroatoms. The number of hydrogen-bond donors (Lipinski definition) is 1. The molecule has 1 fully saturated rings. The molecule has 0 aromatic heterocycles. The molecule has 0 radical (unpaired) electrons. The van der Waals surface area contributed by atoms with Gasteiger partial charge in [0.25, 0.3) is 5.91 Å². The summed E-state index contributed by atoms with van der Waals surface area (Å²) >= 11 is 0. The van der Waals surface area contributed by atoms with E-state index in [9.17, 15) is 9.59 Å². The predicted octanol–water partition coefficient (Wildman–Crippen LogP) is 0.544. The monoisotopic (exact) mass is 218 g/mol. The van der Waals surface area contributed by atoms with E-state index in [0.29, 0.717) is 11.1 Å². The SMILES string of the molecule is O=Cc1ccc(C(=O)N2CCNCC2)cc1. The van der Waals surface area contributed by atoms with Crippen molar-refractivity contribution in [1.29, 1.82) is 0 Å². The zero-order valence-corrected chi connectivity index (χ0v) is 8.98. The average molecular weight is 218 g/mol. The van der Waals surface area contributed by atoms with Crippen LogP contribution in [0.15, 0.2) is 24.3 Å². The Hall–Kier alpha value is -1.68. The number of rotatable bonds is 2. The summed E-state index contributed by atoms with van der Waals surface area (Å²) in [5, 5.41) is 3.20. The van der Waals surface area contributed by atoms with Gasteiger partial charge >= 0.3 is 0 Å². The van der Waals surface area contributed by atoms with Crippen molar-refractivity contribution in [2.45, 2.75) is 0 Å². The van der Waals surface area contributed by atoms with Crippen LogP contribution in [0.5, 0.6) is 0 Å². The summed E-state index contributed by atoms with van der Waals surface area (Å²) in [7, 11) is 0. The van der Waals surface area contributed by atoms with Crippen LogP contribution >= 0.6 is 0 Å². The molecule has 0 atom stereocenters. The molecule has 1 aromatic rings. The van der Waals surface area contributed by atoms with Crippen LogP contribution in [-0.2, 0) is 0 Å². The van der Waals surface area contributed by atoms with Gasteiger partial charge in [-0.05, 0) is 12.1 Å². The Balaban J connectivity index is 2.10. The summed E-state index contributed by atoms with van der Waals surface area (Å²) in [5.41, 5.74) is 1.24. The summed E-state index contributed by atoms with van der Waals surface area (Å²) in [6, 6.07) is 6.74. The van der Waals surface area contributed by atoms with Crippen LogP contribution in [0.4, 0.5) is 0 Å². The standard InChI is InChI=1S/C12H14N2O2/c15-9-10-1-3-11(4-2-10)12(16)14-7-5-13-6-8-14/h1-4,9,13H,5-8H2. The fraction of sp³-hybridized carbons (Fsp3) is 0.333. The normalized spacial score (nSPS) is 15.9. The van der Waals surface area contributed by atoms with Crippen LogP contribution in [0.2, 0.25) is 0 Å². The molecule has 2 rings (SSSR count). The van der Waals surface area contributed by atoms with Crippen molar-refractivity contribution in [3.8, 4) is 0 Å². The molecule has 0 saturated carbocycles. The minimum Gasteiger partial charge on any atom is -0.336 e. The fourth-order valence-corrected chi connectivity index (χ4v) is 1.75. The molecule has 4 nitrogen and oxygen atoms in total. The number of amides is 1. The molecule has 1 heterocycles. The van der Waals surface area contributed by atoms with Gasteiger partial charge in [-0.15, -0.1) is 0 Å². The molecule has 1 amide bonds. The van der Waals surface area contributed by atoms with Gasteiger partial charge in [0.15, 0.2) is 0 Å². The van der Waals surface area contributed by atoms with Crippen molar-refractivity contribution >= 4 is 12.2 Å². The third kappa shape index (κ3) is 2.28. The van der Waals surface area contributed by atoms with Crippen LogP contribution in [0.3, 0.4) is 0 Å². The topological polar surface area (TPSA) is 49.4 Å². The summed E-state index contributed by atoms with van der Waals surface area (Å²) in [5.74, 6) is 0.0407. The van der Waals surface area contributed by atoms with Crippen LogP contribution < -0.4 is 5.32 Å². The van der Waals surface area contributed by atoms with Gasteiger partial charge in [-0.3, -0.25) is 9.59 Å². The molecule has 1 aromatic carbocycles. The number of hydrogen-bond acceptors (Lipinski definition) is 3. The van der Waals surface area contributed by atoms with E-state index in [0.717, 1.165) is 32.5 Å². The Morgan fingerprint density at radius 2 is 1.81 bits per heavy atom. The first kappa shape index (κ1) is 10.8. The van der Waals surface area contributed by atoms with E-state index in [-0.39, 0.29) is 5.91 Å². The van der Waals surface area contributed by atoms with Gasteiger partial charge in [-0.25, -0.2) is 0 Å². The van der Waals surface area contributed by atoms with Gasteiger partial charge in [0.2, 0.25) is 0 Å². The lowest BCUT2D eigenvalue weighted by Crippen LogP contribution is -2.46. The van der Waals surface area contributed by atoms with E-state index < -0.39 is 0 Å². The molecule has 1 N–H and O–H groups in total. The summed E-state index contributed by atoms with van der Waals surface area (Å²) < 4.78 is 0. The first-order chi connectivity index (χ1) is 7.81. The smallest absolute Gasteiger partial charge is 0.253 e. The maximum absolute atomic E-state index is 12.0. The number of aldehydes is 1. The Morgan fingerprint density at radius 1 is 1.19 bits per heavy atom. The minimum atomic E-state index is 0.0407. The third-order valence-corrected chi connectivity index (χ3v) is 2.70. The summed E-state index contributed by atoms with van der Waals surface area (Å²) in [4.78, 5) is 24.3. The molecule has 1 aliphatic rings. The van der Waals surface area contributed by atoms with E-state index in [4.69, 9.17) is 0 Å². The second-order valence-electron chi connectivity index (χ2n) is 3.78. The summed E-state index contributed by atoms with van der Waals surface area (Å²) in [6.45, 7) is 3.18. The quantitative estimate of drug-likeness (QED) is 0.737. The maximum atomic E-state index is 12.0. The molecule has 0 spiro atoms. The fourth-order valence-electron chi connectivity index (χ4n) is 1.75. The number of nitrogens with one attached hydrogen (secondary N) is 1. The molecule has 0 aliphatic carbocycles. The highest BCUT2D eigenvalue weighted by molar-refractivity contribution is 5.94. The van der Waals surface area contributed by atoms with Crippen molar-refractivity contribution in [3.05, 3.63) is 35.4 Å².